The Kier molecular flexibility index (Phi) is 6.47. The molecule has 0 aliphatic carbocycles. The maximum Gasteiger partial charge on any atom is 0.510 e. The molecule has 0 fully saturated rings. The molecule has 92 valence electrons. The van der Waals surface area contributed by atoms with Crippen LogP contribution in [0.5, 0.6) is 0 Å². The molecule has 0 amide bonds. The molecule has 0 aliphatic heterocycles. The van der Waals surface area contributed by atoms with Gasteiger partial charge in [-0.2, -0.15) is 4.89 Å². The van der Waals surface area contributed by atoms with Gasteiger partial charge in [0.2, 0.25) is 0 Å². The summed E-state index contributed by atoms with van der Waals surface area (Å²) in [5, 5.41) is -1.33. The Bertz CT molecular complexity index is 255. The SMILES string of the molecule is CC(C)(C)P(=O)(O)O.CC(C)(C)[P+](=O)O. The van der Waals surface area contributed by atoms with E-state index in [1.165, 1.54) is 20.8 Å². The van der Waals surface area contributed by atoms with Gasteiger partial charge in [-0.15, -0.1) is 0 Å². The standard InChI is InChI=1S/C4H11O3P.C4H9O2P/c1-4(2,3)8(5,6)7;1-4(2,3)7(5)6/h1-3H3,(H2,5,6,7);1-3H3/p+1. The highest BCUT2D eigenvalue weighted by Gasteiger charge is 2.32. The van der Waals surface area contributed by atoms with Gasteiger partial charge in [-0.05, 0) is 46.1 Å². The van der Waals surface area contributed by atoms with Crippen molar-refractivity contribution in [1.29, 1.82) is 0 Å². The zero-order chi connectivity index (χ0) is 13.1. The maximum absolute atomic E-state index is 10.3. The van der Waals surface area contributed by atoms with Crippen molar-refractivity contribution in [1.82, 2.24) is 0 Å². The van der Waals surface area contributed by atoms with E-state index in [2.05, 4.69) is 0 Å². The highest BCUT2D eigenvalue weighted by molar-refractivity contribution is 7.53. The lowest BCUT2D eigenvalue weighted by atomic mass is 10.3. The summed E-state index contributed by atoms with van der Waals surface area (Å²) in [4.78, 5) is 25.3. The fourth-order valence-electron chi connectivity index (χ4n) is 0. The third-order valence-corrected chi connectivity index (χ3v) is 4.34. The van der Waals surface area contributed by atoms with Crippen molar-refractivity contribution in [2.24, 2.45) is 0 Å². The molecule has 0 radical (unpaired) electrons. The van der Waals surface area contributed by atoms with Crippen LogP contribution in [-0.4, -0.2) is 25.0 Å². The topological polar surface area (TPSA) is 94.8 Å². The second kappa shape index (κ2) is 5.51. The van der Waals surface area contributed by atoms with Gasteiger partial charge in [0.15, 0.2) is 5.16 Å². The summed E-state index contributed by atoms with van der Waals surface area (Å²) in [5.74, 6) is 0. The van der Waals surface area contributed by atoms with Gasteiger partial charge in [-0.25, -0.2) is 0 Å². The van der Waals surface area contributed by atoms with Crippen LogP contribution in [0.2, 0.25) is 0 Å². The van der Waals surface area contributed by atoms with Crippen LogP contribution in [0.3, 0.4) is 0 Å². The highest BCUT2D eigenvalue weighted by atomic mass is 31.2. The molecule has 7 heteroatoms. The van der Waals surface area contributed by atoms with Crippen molar-refractivity contribution in [3.05, 3.63) is 0 Å². The van der Waals surface area contributed by atoms with Crippen LogP contribution in [0, 0.1) is 0 Å². The molecule has 0 saturated carbocycles. The quantitative estimate of drug-likeness (QED) is 0.581. The van der Waals surface area contributed by atoms with Crippen molar-refractivity contribution in [3.8, 4) is 0 Å². The van der Waals surface area contributed by atoms with Crippen molar-refractivity contribution < 1.29 is 23.8 Å². The van der Waals surface area contributed by atoms with E-state index in [0.717, 1.165) is 0 Å². The largest absolute Gasteiger partial charge is 0.510 e. The van der Waals surface area contributed by atoms with Gasteiger partial charge in [-0.3, -0.25) is 4.57 Å². The average Bonchev–Trinajstić information content (AvgIpc) is 1.80. The fourth-order valence-corrected chi connectivity index (χ4v) is 0. The van der Waals surface area contributed by atoms with Crippen LogP contribution in [0.1, 0.15) is 41.5 Å². The van der Waals surface area contributed by atoms with Gasteiger partial charge < -0.3 is 9.79 Å². The molecule has 0 aromatic carbocycles. The summed E-state index contributed by atoms with van der Waals surface area (Å²) in [6, 6.07) is 0. The van der Waals surface area contributed by atoms with Gasteiger partial charge in [-0.1, -0.05) is 0 Å². The number of hydrogen-bond acceptors (Lipinski definition) is 2. The second-order valence-corrected chi connectivity index (χ2v) is 9.48. The Labute approximate surface area is 91.9 Å². The van der Waals surface area contributed by atoms with Crippen LogP contribution < -0.4 is 0 Å². The molecule has 5 nitrogen and oxygen atoms in total. The van der Waals surface area contributed by atoms with E-state index in [4.69, 9.17) is 14.7 Å². The predicted molar refractivity (Wildman–Crippen MR) is 61.4 cm³/mol. The van der Waals surface area contributed by atoms with E-state index in [1.54, 1.807) is 20.8 Å². The first-order chi connectivity index (χ1) is 6.19. The zero-order valence-corrected chi connectivity index (χ0v) is 11.8. The van der Waals surface area contributed by atoms with E-state index in [0.29, 0.717) is 0 Å². The van der Waals surface area contributed by atoms with Crippen LogP contribution in [0.4, 0.5) is 0 Å². The van der Waals surface area contributed by atoms with E-state index in [1.807, 2.05) is 0 Å². The lowest BCUT2D eigenvalue weighted by molar-refractivity contribution is 0.342. The molecule has 0 saturated heterocycles. The second-order valence-electron chi connectivity index (χ2n) is 5.16. The molecule has 3 N–H and O–H groups in total. The van der Waals surface area contributed by atoms with Crippen LogP contribution in [-0.2, 0) is 9.13 Å². The van der Waals surface area contributed by atoms with Crippen LogP contribution in [0.15, 0.2) is 0 Å². The summed E-state index contributed by atoms with van der Waals surface area (Å²) in [6.45, 7) is 9.71. The van der Waals surface area contributed by atoms with Crippen molar-refractivity contribution in [2.75, 3.05) is 0 Å². The molecule has 0 rings (SSSR count). The van der Waals surface area contributed by atoms with E-state index < -0.39 is 25.9 Å². The third-order valence-electron chi connectivity index (χ3n) is 1.45. The molecule has 1 atom stereocenters. The molecule has 15 heavy (non-hydrogen) atoms. The van der Waals surface area contributed by atoms with Gasteiger partial charge in [0.05, 0.1) is 5.16 Å². The van der Waals surface area contributed by atoms with E-state index in [-0.39, 0.29) is 0 Å². The van der Waals surface area contributed by atoms with E-state index in [9.17, 15) is 9.13 Å². The molecule has 0 aromatic rings. The Morgan fingerprint density at radius 1 is 1.00 bits per heavy atom. The molecule has 0 bridgehead atoms. The first-order valence-electron chi connectivity index (χ1n) is 4.41. The first-order valence-corrected chi connectivity index (χ1v) is 7.24. The molecular formula is C8H21O5P2+. The summed E-state index contributed by atoms with van der Waals surface area (Å²) in [5.41, 5.74) is 0. The molecule has 0 heterocycles. The lowest BCUT2D eigenvalue weighted by Gasteiger charge is -2.18. The van der Waals surface area contributed by atoms with Crippen LogP contribution >= 0.6 is 15.6 Å². The van der Waals surface area contributed by atoms with Gasteiger partial charge >= 0.3 is 15.6 Å². The minimum Gasteiger partial charge on any atom is -0.324 e. The molecule has 0 spiro atoms. The average molecular weight is 259 g/mol. The summed E-state index contributed by atoms with van der Waals surface area (Å²) in [6.07, 6.45) is 0. The minimum atomic E-state index is -3.85. The third kappa shape index (κ3) is 9.16. The Balaban J connectivity index is 0. The summed E-state index contributed by atoms with van der Waals surface area (Å²) in [7, 11) is -5.84. The predicted octanol–water partition coefficient (Wildman–Crippen LogP) is 2.48. The summed E-state index contributed by atoms with van der Waals surface area (Å²) >= 11 is 0. The Morgan fingerprint density at radius 2 is 1.13 bits per heavy atom. The molecular weight excluding hydrogens is 238 g/mol. The maximum atomic E-state index is 10.3. The fraction of sp³-hybridized carbons (Fsp3) is 1.00. The Morgan fingerprint density at radius 3 is 1.13 bits per heavy atom. The minimum absolute atomic E-state index is 0.435. The van der Waals surface area contributed by atoms with Crippen molar-refractivity contribution in [3.63, 3.8) is 0 Å². The zero-order valence-electron chi connectivity index (χ0n) is 10.1. The molecule has 0 aliphatic rings. The van der Waals surface area contributed by atoms with Gasteiger partial charge in [0.25, 0.3) is 0 Å². The first kappa shape index (κ1) is 17.6. The summed E-state index contributed by atoms with van der Waals surface area (Å²) < 4.78 is 20.5. The number of hydrogen-bond donors (Lipinski definition) is 3. The van der Waals surface area contributed by atoms with Crippen molar-refractivity contribution >= 4 is 15.6 Å². The molecule has 0 aromatic heterocycles. The highest BCUT2D eigenvalue weighted by Crippen LogP contribution is 2.49. The normalized spacial score (nSPS) is 14.1. The number of rotatable bonds is 0. The Hall–Kier alpha value is 0.210. The lowest BCUT2D eigenvalue weighted by Crippen LogP contribution is -2.13. The van der Waals surface area contributed by atoms with Gasteiger partial charge in [0.1, 0.15) is 0 Å². The smallest absolute Gasteiger partial charge is 0.324 e. The molecule has 1 unspecified atom stereocenters. The monoisotopic (exact) mass is 259 g/mol. The van der Waals surface area contributed by atoms with E-state index >= 15 is 0 Å². The van der Waals surface area contributed by atoms with Crippen molar-refractivity contribution in [2.45, 2.75) is 51.9 Å². The van der Waals surface area contributed by atoms with Gasteiger partial charge in [0, 0.05) is 0 Å². The van der Waals surface area contributed by atoms with Crippen LogP contribution in [0.25, 0.3) is 0 Å².